The van der Waals surface area contributed by atoms with Gasteiger partial charge in [0.05, 0.1) is 24.5 Å². The highest BCUT2D eigenvalue weighted by Crippen LogP contribution is 2.26. The summed E-state index contributed by atoms with van der Waals surface area (Å²) in [4.78, 5) is 30.4. The fraction of sp³-hybridized carbons (Fsp3) is 0.250. The molecule has 0 unspecified atom stereocenters. The molecule has 0 aliphatic carbocycles. The van der Waals surface area contributed by atoms with Crippen molar-refractivity contribution in [3.63, 3.8) is 0 Å². The summed E-state index contributed by atoms with van der Waals surface area (Å²) in [6.07, 6.45) is 1.19. The Morgan fingerprint density at radius 2 is 1.63 bits per heavy atom. The largest absolute Gasteiger partial charge is 0.497 e. The van der Waals surface area contributed by atoms with E-state index in [0.29, 0.717) is 22.9 Å². The minimum Gasteiger partial charge on any atom is -0.497 e. The number of nitrogens with zero attached hydrogens (tertiary/aromatic N) is 2. The number of carbonyl (C=O) groups is 1. The van der Waals surface area contributed by atoms with E-state index in [9.17, 15) is 18.0 Å². The topological polar surface area (TPSA) is 117 Å². The Hall–Kier alpha value is -4.18. The van der Waals surface area contributed by atoms with Gasteiger partial charge in [0.1, 0.15) is 28.6 Å². The molecular weight excluding hydrogens is 506 g/mol. The fourth-order valence-corrected chi connectivity index (χ4v) is 5.41. The third-order valence-electron chi connectivity index (χ3n) is 6.12. The van der Waals surface area contributed by atoms with Gasteiger partial charge in [-0.2, -0.15) is 0 Å². The first-order chi connectivity index (χ1) is 18.0. The van der Waals surface area contributed by atoms with Crippen LogP contribution in [0.3, 0.4) is 0 Å². The number of aryl methyl sites for hydroxylation is 1. The Morgan fingerprint density at radius 3 is 2.21 bits per heavy atom. The van der Waals surface area contributed by atoms with E-state index in [1.165, 1.54) is 43.2 Å². The molecule has 10 heteroatoms. The number of nitrogens with one attached hydrogen (secondary N) is 1. The van der Waals surface area contributed by atoms with Crippen LogP contribution in [-0.2, 0) is 21.2 Å². The first-order valence-corrected chi connectivity index (χ1v) is 13.4. The average molecular weight is 536 g/mol. The minimum absolute atomic E-state index is 0.00195. The van der Waals surface area contributed by atoms with Crippen molar-refractivity contribution in [1.29, 1.82) is 0 Å². The Labute approximate surface area is 221 Å². The molecule has 0 saturated heterocycles. The van der Waals surface area contributed by atoms with Gasteiger partial charge in [-0.25, -0.2) is 13.4 Å². The number of hydrogen-bond acceptors (Lipinski definition) is 7. The molecule has 1 amide bonds. The highest BCUT2D eigenvalue weighted by Gasteiger charge is 2.25. The lowest BCUT2D eigenvalue weighted by atomic mass is 10.0. The standard InChI is InChI=1S/C28H29N3O6S/c1-17(2)19-7-9-23(10-8-19)38(34,35)25-15-31(28-24(27(25)33)11-6-18(3)29-28)16-26(32)30-20-12-21(36-4)14-22(13-20)37-5/h6-15,17H,16H2,1-5H3,(H,30,32). The number of methoxy groups -OCH3 is 2. The number of amides is 1. The maximum Gasteiger partial charge on any atom is 0.244 e. The molecule has 4 aromatic rings. The Bertz CT molecular complexity index is 1650. The monoisotopic (exact) mass is 535 g/mol. The van der Waals surface area contributed by atoms with Crippen molar-refractivity contribution in [3.8, 4) is 11.5 Å². The molecule has 0 aliphatic rings. The number of carbonyl (C=O) groups excluding carboxylic acids is 1. The van der Waals surface area contributed by atoms with Crippen LogP contribution in [0.4, 0.5) is 5.69 Å². The average Bonchev–Trinajstić information content (AvgIpc) is 2.89. The summed E-state index contributed by atoms with van der Waals surface area (Å²) in [5, 5.41) is 2.87. The summed E-state index contributed by atoms with van der Waals surface area (Å²) in [7, 11) is -1.18. The molecule has 198 valence electrons. The number of rotatable bonds is 8. The van der Waals surface area contributed by atoms with Crippen molar-refractivity contribution in [2.75, 3.05) is 19.5 Å². The van der Waals surface area contributed by atoms with Gasteiger partial charge in [0.2, 0.25) is 21.2 Å². The lowest BCUT2D eigenvalue weighted by Gasteiger charge is -2.15. The quantitative estimate of drug-likeness (QED) is 0.357. The zero-order valence-electron chi connectivity index (χ0n) is 21.8. The van der Waals surface area contributed by atoms with Crippen molar-refractivity contribution in [1.82, 2.24) is 9.55 Å². The molecule has 4 rings (SSSR count). The number of benzene rings is 2. The van der Waals surface area contributed by atoms with Crippen LogP contribution in [0.5, 0.6) is 11.5 Å². The number of anilines is 1. The van der Waals surface area contributed by atoms with Crippen LogP contribution in [-0.4, -0.2) is 38.1 Å². The zero-order chi connectivity index (χ0) is 27.6. The Morgan fingerprint density at radius 1 is 1.00 bits per heavy atom. The van der Waals surface area contributed by atoms with E-state index in [1.54, 1.807) is 43.3 Å². The van der Waals surface area contributed by atoms with Gasteiger partial charge in [-0.15, -0.1) is 0 Å². The molecule has 0 atom stereocenters. The van der Waals surface area contributed by atoms with Crippen LogP contribution in [0, 0.1) is 6.92 Å². The Kier molecular flexibility index (Phi) is 7.54. The van der Waals surface area contributed by atoms with Crippen molar-refractivity contribution in [2.24, 2.45) is 0 Å². The van der Waals surface area contributed by atoms with Gasteiger partial charge in [-0.05, 0) is 42.7 Å². The summed E-state index contributed by atoms with van der Waals surface area (Å²) < 4.78 is 39.0. The van der Waals surface area contributed by atoms with Gasteiger partial charge in [-0.3, -0.25) is 9.59 Å². The summed E-state index contributed by atoms with van der Waals surface area (Å²) in [5.41, 5.74) is 1.56. The maximum atomic E-state index is 13.6. The van der Waals surface area contributed by atoms with E-state index < -0.39 is 26.1 Å². The van der Waals surface area contributed by atoms with Crippen molar-refractivity contribution >= 4 is 32.5 Å². The number of ether oxygens (including phenoxy) is 2. The second kappa shape index (κ2) is 10.7. The van der Waals surface area contributed by atoms with Crippen LogP contribution in [0.15, 0.2) is 75.4 Å². The van der Waals surface area contributed by atoms with Crippen LogP contribution < -0.4 is 20.2 Å². The molecule has 2 aromatic heterocycles. The van der Waals surface area contributed by atoms with E-state index in [0.717, 1.165) is 5.56 Å². The predicted octanol–water partition coefficient (Wildman–Crippen LogP) is 4.32. The lowest BCUT2D eigenvalue weighted by Crippen LogP contribution is -2.24. The van der Waals surface area contributed by atoms with Crippen molar-refractivity contribution in [3.05, 3.63) is 82.3 Å². The third-order valence-corrected chi connectivity index (χ3v) is 7.89. The van der Waals surface area contributed by atoms with Crippen LogP contribution in [0.1, 0.15) is 31.0 Å². The zero-order valence-corrected chi connectivity index (χ0v) is 22.6. The fourth-order valence-electron chi connectivity index (χ4n) is 4.04. The third kappa shape index (κ3) is 5.40. The van der Waals surface area contributed by atoms with Crippen molar-refractivity contribution < 1.29 is 22.7 Å². The molecule has 2 heterocycles. The van der Waals surface area contributed by atoms with Gasteiger partial charge in [0.15, 0.2) is 0 Å². The molecule has 0 radical (unpaired) electrons. The molecule has 38 heavy (non-hydrogen) atoms. The summed E-state index contributed by atoms with van der Waals surface area (Å²) >= 11 is 0. The second-order valence-corrected chi connectivity index (χ2v) is 11.1. The number of fused-ring (bicyclic) bond motifs is 1. The second-order valence-electron chi connectivity index (χ2n) is 9.15. The normalized spacial score (nSPS) is 11.5. The van der Waals surface area contributed by atoms with Gasteiger partial charge >= 0.3 is 0 Å². The number of hydrogen-bond donors (Lipinski definition) is 1. The molecule has 0 spiro atoms. The first-order valence-electron chi connectivity index (χ1n) is 11.9. The molecular formula is C28H29N3O6S. The van der Waals surface area contributed by atoms with E-state index in [1.807, 2.05) is 13.8 Å². The van der Waals surface area contributed by atoms with Crippen LogP contribution >= 0.6 is 0 Å². The molecule has 0 saturated carbocycles. The molecule has 0 aliphatic heterocycles. The van der Waals surface area contributed by atoms with E-state index in [2.05, 4.69) is 10.3 Å². The van der Waals surface area contributed by atoms with E-state index >= 15 is 0 Å². The van der Waals surface area contributed by atoms with Gasteiger partial charge in [0, 0.05) is 35.8 Å². The summed E-state index contributed by atoms with van der Waals surface area (Å²) in [6.45, 7) is 5.47. The summed E-state index contributed by atoms with van der Waals surface area (Å²) in [6, 6.07) is 14.5. The van der Waals surface area contributed by atoms with Gasteiger partial charge < -0.3 is 19.4 Å². The molecule has 2 aromatic carbocycles. The highest BCUT2D eigenvalue weighted by atomic mass is 32.2. The number of sulfone groups is 1. The predicted molar refractivity (Wildman–Crippen MR) is 145 cm³/mol. The van der Waals surface area contributed by atoms with Crippen LogP contribution in [0.25, 0.3) is 11.0 Å². The van der Waals surface area contributed by atoms with Gasteiger partial charge in [-0.1, -0.05) is 26.0 Å². The molecule has 9 nitrogen and oxygen atoms in total. The van der Waals surface area contributed by atoms with Crippen molar-refractivity contribution in [2.45, 2.75) is 43.0 Å². The SMILES string of the molecule is COc1cc(NC(=O)Cn2cc(S(=O)(=O)c3ccc(C(C)C)cc3)c(=O)c3ccc(C)nc32)cc(OC)c1. The van der Waals surface area contributed by atoms with Gasteiger partial charge in [0.25, 0.3) is 0 Å². The van der Waals surface area contributed by atoms with E-state index in [4.69, 9.17) is 9.47 Å². The maximum absolute atomic E-state index is 13.6. The van der Waals surface area contributed by atoms with E-state index in [-0.39, 0.29) is 28.4 Å². The highest BCUT2D eigenvalue weighted by molar-refractivity contribution is 7.91. The summed E-state index contributed by atoms with van der Waals surface area (Å²) in [5.74, 6) is 0.741. The lowest BCUT2D eigenvalue weighted by molar-refractivity contribution is -0.116. The Balaban J connectivity index is 1.77. The van der Waals surface area contributed by atoms with Crippen LogP contribution in [0.2, 0.25) is 0 Å². The molecule has 0 bridgehead atoms. The smallest absolute Gasteiger partial charge is 0.244 e. The number of pyridine rings is 2. The number of aromatic nitrogens is 2. The minimum atomic E-state index is -4.17. The molecule has 0 fully saturated rings. The first kappa shape index (κ1) is 26.9. The molecule has 1 N–H and O–H groups in total.